The third-order valence-corrected chi connectivity index (χ3v) is 5.31. The Morgan fingerprint density at radius 2 is 1.97 bits per heavy atom. The van der Waals surface area contributed by atoms with Gasteiger partial charge in [-0.3, -0.25) is 0 Å². The van der Waals surface area contributed by atoms with Crippen molar-refractivity contribution in [3.63, 3.8) is 0 Å². The smallest absolute Gasteiger partial charge is 0.330 e. The SMILES string of the molecule is CCOC(=O)/C=C/c1ccc2c(nnn2CCCN(C)CCOCc2ccccc2)c1C. The van der Waals surface area contributed by atoms with E-state index in [9.17, 15) is 4.79 Å². The zero-order chi connectivity index (χ0) is 22.8. The lowest BCUT2D eigenvalue weighted by molar-refractivity contribution is -0.137. The van der Waals surface area contributed by atoms with Gasteiger partial charge in [0.2, 0.25) is 0 Å². The van der Waals surface area contributed by atoms with E-state index in [0.29, 0.717) is 19.8 Å². The molecule has 3 aromatic rings. The average Bonchev–Trinajstić information content (AvgIpc) is 3.21. The number of ether oxygens (including phenoxy) is 2. The quantitative estimate of drug-likeness (QED) is 0.244. The molecule has 170 valence electrons. The van der Waals surface area contributed by atoms with Crippen molar-refractivity contribution >= 4 is 23.1 Å². The van der Waals surface area contributed by atoms with Crippen molar-refractivity contribution in [1.29, 1.82) is 0 Å². The molecule has 3 rings (SSSR count). The Kier molecular flexibility index (Phi) is 8.95. The summed E-state index contributed by atoms with van der Waals surface area (Å²) in [6, 6.07) is 14.2. The Labute approximate surface area is 189 Å². The largest absolute Gasteiger partial charge is 0.463 e. The normalized spacial score (nSPS) is 11.6. The Morgan fingerprint density at radius 1 is 1.16 bits per heavy atom. The highest BCUT2D eigenvalue weighted by atomic mass is 16.5. The molecule has 0 aliphatic carbocycles. The summed E-state index contributed by atoms with van der Waals surface area (Å²) in [5.74, 6) is -0.342. The van der Waals surface area contributed by atoms with Crippen LogP contribution in [-0.2, 0) is 27.4 Å². The maximum atomic E-state index is 11.6. The highest BCUT2D eigenvalue weighted by Crippen LogP contribution is 2.21. The molecule has 0 aliphatic rings. The third-order valence-electron chi connectivity index (χ3n) is 5.31. The lowest BCUT2D eigenvalue weighted by atomic mass is 10.1. The number of rotatable bonds is 12. The lowest BCUT2D eigenvalue weighted by Gasteiger charge is -2.16. The van der Waals surface area contributed by atoms with E-state index in [2.05, 4.69) is 34.4 Å². The van der Waals surface area contributed by atoms with Gasteiger partial charge >= 0.3 is 5.97 Å². The fraction of sp³-hybridized carbons (Fsp3) is 0.400. The summed E-state index contributed by atoms with van der Waals surface area (Å²) in [6.45, 7) is 8.15. The van der Waals surface area contributed by atoms with Gasteiger partial charge in [-0.25, -0.2) is 9.48 Å². The van der Waals surface area contributed by atoms with Gasteiger partial charge in [-0.15, -0.1) is 5.10 Å². The molecule has 0 saturated carbocycles. The number of carbonyl (C=O) groups excluding carboxylic acids is 1. The molecular formula is C25H32N4O3. The van der Waals surface area contributed by atoms with Gasteiger partial charge in [-0.05, 0) is 62.7 Å². The maximum absolute atomic E-state index is 11.6. The number of hydrogen-bond donors (Lipinski definition) is 0. The first kappa shape index (κ1) is 23.6. The zero-order valence-electron chi connectivity index (χ0n) is 19.2. The lowest BCUT2D eigenvalue weighted by Crippen LogP contribution is -2.25. The number of benzene rings is 2. The minimum atomic E-state index is -0.342. The molecule has 0 atom stereocenters. The van der Waals surface area contributed by atoms with E-state index < -0.39 is 0 Å². The van der Waals surface area contributed by atoms with E-state index in [1.807, 2.05) is 41.9 Å². The number of hydrogen-bond acceptors (Lipinski definition) is 6. The van der Waals surface area contributed by atoms with Gasteiger partial charge in [0.15, 0.2) is 0 Å². The van der Waals surface area contributed by atoms with Crippen molar-refractivity contribution < 1.29 is 14.3 Å². The highest BCUT2D eigenvalue weighted by Gasteiger charge is 2.10. The van der Waals surface area contributed by atoms with Crippen LogP contribution in [0.3, 0.4) is 0 Å². The van der Waals surface area contributed by atoms with Crippen LogP contribution in [0.5, 0.6) is 0 Å². The van der Waals surface area contributed by atoms with Crippen molar-refractivity contribution in [2.75, 3.05) is 33.4 Å². The van der Waals surface area contributed by atoms with Crippen LogP contribution in [0.1, 0.15) is 30.0 Å². The van der Waals surface area contributed by atoms with Gasteiger partial charge in [0, 0.05) is 19.2 Å². The van der Waals surface area contributed by atoms with Crippen LogP contribution in [0.4, 0.5) is 0 Å². The van der Waals surface area contributed by atoms with E-state index in [-0.39, 0.29) is 5.97 Å². The number of aromatic nitrogens is 3. The number of carbonyl (C=O) groups is 1. The van der Waals surface area contributed by atoms with Crippen LogP contribution in [0.2, 0.25) is 0 Å². The molecule has 1 heterocycles. The van der Waals surface area contributed by atoms with E-state index in [4.69, 9.17) is 9.47 Å². The van der Waals surface area contributed by atoms with E-state index >= 15 is 0 Å². The molecule has 0 N–H and O–H groups in total. The minimum Gasteiger partial charge on any atom is -0.463 e. The summed E-state index contributed by atoms with van der Waals surface area (Å²) in [4.78, 5) is 13.8. The predicted molar refractivity (Wildman–Crippen MR) is 126 cm³/mol. The topological polar surface area (TPSA) is 69.5 Å². The van der Waals surface area contributed by atoms with Gasteiger partial charge in [-0.2, -0.15) is 0 Å². The summed E-state index contributed by atoms with van der Waals surface area (Å²) < 4.78 is 12.7. The van der Waals surface area contributed by atoms with Gasteiger partial charge in [0.05, 0.1) is 25.3 Å². The Balaban J connectivity index is 1.45. The van der Waals surface area contributed by atoms with Gasteiger partial charge in [0.25, 0.3) is 0 Å². The molecule has 0 spiro atoms. The van der Waals surface area contributed by atoms with E-state index in [0.717, 1.165) is 48.2 Å². The molecule has 32 heavy (non-hydrogen) atoms. The summed E-state index contributed by atoms with van der Waals surface area (Å²) in [5.41, 5.74) is 5.00. The number of fused-ring (bicyclic) bond motifs is 1. The summed E-state index contributed by atoms with van der Waals surface area (Å²) in [6.07, 6.45) is 4.18. The molecule has 0 unspecified atom stereocenters. The van der Waals surface area contributed by atoms with Crippen LogP contribution in [0.25, 0.3) is 17.1 Å². The number of esters is 1. The Bertz CT molecular complexity index is 1030. The second-order valence-corrected chi connectivity index (χ2v) is 7.74. The minimum absolute atomic E-state index is 0.342. The number of aryl methyl sites for hydroxylation is 2. The Morgan fingerprint density at radius 3 is 2.75 bits per heavy atom. The second kappa shape index (κ2) is 12.1. The standard InChI is InChI=1S/C25H32N4O3/c1-4-32-24(30)14-12-22-11-13-23-25(20(22)2)26-27-29(23)16-8-15-28(3)17-18-31-19-21-9-6-5-7-10-21/h5-7,9-14H,4,8,15-19H2,1-3H3/b14-12+. The van der Waals surface area contributed by atoms with Crippen molar-refractivity contribution in [3.8, 4) is 0 Å². The molecule has 0 bridgehead atoms. The Hall–Kier alpha value is -3.03. The molecule has 7 nitrogen and oxygen atoms in total. The molecule has 1 aromatic heterocycles. The highest BCUT2D eigenvalue weighted by molar-refractivity contribution is 5.89. The van der Waals surface area contributed by atoms with Crippen LogP contribution < -0.4 is 0 Å². The van der Waals surface area contributed by atoms with E-state index in [1.54, 1.807) is 13.0 Å². The van der Waals surface area contributed by atoms with Crippen LogP contribution >= 0.6 is 0 Å². The van der Waals surface area contributed by atoms with Crippen molar-refractivity contribution in [2.24, 2.45) is 0 Å². The molecule has 0 radical (unpaired) electrons. The van der Waals surface area contributed by atoms with Crippen LogP contribution in [-0.4, -0.2) is 59.2 Å². The fourth-order valence-electron chi connectivity index (χ4n) is 3.46. The summed E-state index contributed by atoms with van der Waals surface area (Å²) in [5, 5.41) is 8.69. The first-order chi connectivity index (χ1) is 15.6. The first-order valence-corrected chi connectivity index (χ1v) is 11.1. The molecule has 0 fully saturated rings. The zero-order valence-corrected chi connectivity index (χ0v) is 19.2. The predicted octanol–water partition coefficient (Wildman–Crippen LogP) is 3.85. The van der Waals surface area contributed by atoms with Gasteiger partial charge < -0.3 is 14.4 Å². The molecule has 0 saturated heterocycles. The number of nitrogens with zero attached hydrogens (tertiary/aromatic N) is 4. The van der Waals surface area contributed by atoms with Gasteiger partial charge in [0.1, 0.15) is 5.52 Å². The molecule has 7 heteroatoms. The molecule has 0 amide bonds. The second-order valence-electron chi connectivity index (χ2n) is 7.74. The van der Waals surface area contributed by atoms with Crippen LogP contribution in [0.15, 0.2) is 48.5 Å². The van der Waals surface area contributed by atoms with Crippen molar-refractivity contribution in [3.05, 3.63) is 65.2 Å². The fourth-order valence-corrected chi connectivity index (χ4v) is 3.46. The number of likely N-dealkylation sites (N-methyl/N-ethyl adjacent to an activating group) is 1. The van der Waals surface area contributed by atoms with Crippen molar-refractivity contribution in [1.82, 2.24) is 19.9 Å². The molecular weight excluding hydrogens is 404 g/mol. The molecule has 2 aromatic carbocycles. The van der Waals surface area contributed by atoms with Gasteiger partial charge in [-0.1, -0.05) is 41.6 Å². The molecule has 0 aliphatic heterocycles. The summed E-state index contributed by atoms with van der Waals surface area (Å²) >= 11 is 0. The monoisotopic (exact) mass is 436 g/mol. The average molecular weight is 437 g/mol. The third kappa shape index (κ3) is 6.73. The first-order valence-electron chi connectivity index (χ1n) is 11.1. The maximum Gasteiger partial charge on any atom is 0.330 e. The van der Waals surface area contributed by atoms with E-state index in [1.165, 1.54) is 11.6 Å². The summed E-state index contributed by atoms with van der Waals surface area (Å²) in [7, 11) is 2.11. The van der Waals surface area contributed by atoms with Crippen molar-refractivity contribution in [2.45, 2.75) is 33.4 Å². The van der Waals surface area contributed by atoms with Crippen LogP contribution in [0, 0.1) is 6.92 Å².